The van der Waals surface area contributed by atoms with Crippen LogP contribution in [-0.4, -0.2) is 20.9 Å². The van der Waals surface area contributed by atoms with Gasteiger partial charge >= 0.3 is 5.97 Å². The van der Waals surface area contributed by atoms with Crippen LogP contribution >= 0.6 is 0 Å². The Labute approximate surface area is 113 Å². The van der Waals surface area contributed by atoms with Crippen molar-refractivity contribution in [3.05, 3.63) is 46.8 Å². The third-order valence-electron chi connectivity index (χ3n) is 3.12. The van der Waals surface area contributed by atoms with Crippen molar-refractivity contribution in [2.45, 2.75) is 13.5 Å². The highest BCUT2D eigenvalue weighted by Crippen LogP contribution is 2.21. The number of aryl methyl sites for hydroxylation is 1. The first-order chi connectivity index (χ1) is 9.41. The molecule has 0 aliphatic carbocycles. The third-order valence-corrected chi connectivity index (χ3v) is 3.12. The predicted molar refractivity (Wildman–Crippen MR) is 68.6 cm³/mol. The molecule has 1 aromatic heterocycles. The van der Waals surface area contributed by atoms with Gasteiger partial charge in [-0.05, 0) is 19.1 Å². The normalized spacial score (nSPS) is 10.6. The molecule has 0 radical (unpaired) electrons. The molecular weight excluding hydrogens is 268 g/mol. The number of halogens is 2. The van der Waals surface area contributed by atoms with Gasteiger partial charge in [-0.25, -0.2) is 13.6 Å². The van der Waals surface area contributed by atoms with Crippen molar-refractivity contribution in [1.82, 2.24) is 9.78 Å². The first kappa shape index (κ1) is 14.0. The molecule has 0 bridgehead atoms. The second-order valence-electron chi connectivity index (χ2n) is 4.33. The second-order valence-corrected chi connectivity index (χ2v) is 4.33. The van der Waals surface area contributed by atoms with Crippen molar-refractivity contribution in [2.75, 3.05) is 5.32 Å². The third kappa shape index (κ3) is 2.47. The number of hydrogen-bond donors (Lipinski definition) is 2. The summed E-state index contributed by atoms with van der Waals surface area (Å²) in [5.41, 5.74) is 0.969. The van der Waals surface area contributed by atoms with Gasteiger partial charge in [0.15, 0.2) is 11.6 Å². The number of rotatable bonds is 4. The lowest BCUT2D eigenvalue weighted by molar-refractivity contribution is 0.0690. The Balaban J connectivity index is 2.21. The number of carbonyl (C=O) groups is 1. The molecule has 0 amide bonds. The Kier molecular flexibility index (Phi) is 3.69. The van der Waals surface area contributed by atoms with Crippen molar-refractivity contribution in [1.29, 1.82) is 0 Å². The van der Waals surface area contributed by atoms with E-state index in [1.54, 1.807) is 17.9 Å². The molecular formula is C13H13F2N3O2. The number of anilines is 1. The van der Waals surface area contributed by atoms with Gasteiger partial charge in [-0.3, -0.25) is 4.68 Å². The molecule has 0 saturated heterocycles. The Hall–Kier alpha value is -2.44. The van der Waals surface area contributed by atoms with Crippen LogP contribution in [0, 0.1) is 18.6 Å². The molecule has 1 aromatic carbocycles. The minimum atomic E-state index is -1.50. The quantitative estimate of drug-likeness (QED) is 0.902. The van der Waals surface area contributed by atoms with E-state index in [4.69, 9.17) is 5.11 Å². The summed E-state index contributed by atoms with van der Waals surface area (Å²) in [5.74, 6) is -4.08. The Morgan fingerprint density at radius 2 is 2.10 bits per heavy atom. The van der Waals surface area contributed by atoms with Crippen LogP contribution in [0.3, 0.4) is 0 Å². The molecule has 7 heteroatoms. The fourth-order valence-electron chi connectivity index (χ4n) is 1.76. The molecule has 20 heavy (non-hydrogen) atoms. The topological polar surface area (TPSA) is 67.2 Å². The molecule has 106 valence electrons. The van der Waals surface area contributed by atoms with E-state index in [2.05, 4.69) is 10.4 Å². The summed E-state index contributed by atoms with van der Waals surface area (Å²) >= 11 is 0. The highest BCUT2D eigenvalue weighted by atomic mass is 19.2. The fraction of sp³-hybridized carbons (Fsp3) is 0.231. The summed E-state index contributed by atoms with van der Waals surface area (Å²) in [6, 6.07) is 2.23. The number of carboxylic acid groups (broad SMARTS) is 1. The highest BCUT2D eigenvalue weighted by Gasteiger charge is 2.18. The maximum atomic E-state index is 13.7. The van der Waals surface area contributed by atoms with Gasteiger partial charge in [-0.15, -0.1) is 0 Å². The maximum Gasteiger partial charge on any atom is 0.338 e. The first-order valence-corrected chi connectivity index (χ1v) is 5.84. The summed E-state index contributed by atoms with van der Waals surface area (Å²) in [6.45, 7) is 2.12. The number of nitrogens with zero attached hydrogens (tertiary/aromatic N) is 2. The number of aromatic nitrogens is 2. The number of hydrogen-bond acceptors (Lipinski definition) is 3. The minimum absolute atomic E-state index is 0.0873. The van der Waals surface area contributed by atoms with Gasteiger partial charge in [0.2, 0.25) is 0 Å². The molecule has 1 heterocycles. The molecule has 2 aromatic rings. The predicted octanol–water partition coefficient (Wildman–Crippen LogP) is 2.32. The number of benzene rings is 1. The van der Waals surface area contributed by atoms with Crippen LogP contribution < -0.4 is 5.32 Å². The van der Waals surface area contributed by atoms with Crippen molar-refractivity contribution in [3.8, 4) is 0 Å². The van der Waals surface area contributed by atoms with Crippen LogP contribution in [0.2, 0.25) is 0 Å². The maximum absolute atomic E-state index is 13.7. The Bertz CT molecular complexity index is 668. The molecule has 5 nitrogen and oxygen atoms in total. The van der Waals surface area contributed by atoms with Crippen molar-refractivity contribution >= 4 is 11.7 Å². The van der Waals surface area contributed by atoms with Gasteiger partial charge in [0, 0.05) is 24.8 Å². The molecule has 0 aliphatic rings. The first-order valence-electron chi connectivity index (χ1n) is 5.84. The SMILES string of the molecule is Cc1c(CNc2ccc(C(=O)O)c(F)c2F)cnn1C. The molecule has 0 saturated carbocycles. The Morgan fingerprint density at radius 3 is 2.65 bits per heavy atom. The summed E-state index contributed by atoms with van der Waals surface area (Å²) in [7, 11) is 1.78. The zero-order valence-corrected chi connectivity index (χ0v) is 10.9. The van der Waals surface area contributed by atoms with Crippen LogP contribution in [0.1, 0.15) is 21.6 Å². The van der Waals surface area contributed by atoms with Gasteiger partial charge in [-0.2, -0.15) is 5.10 Å². The van der Waals surface area contributed by atoms with E-state index in [1.165, 1.54) is 6.07 Å². The average molecular weight is 281 g/mol. The number of nitrogens with one attached hydrogen (secondary N) is 1. The molecule has 0 spiro atoms. The average Bonchev–Trinajstić information content (AvgIpc) is 2.71. The monoisotopic (exact) mass is 281 g/mol. The second kappa shape index (κ2) is 5.28. The van der Waals surface area contributed by atoms with Gasteiger partial charge in [-0.1, -0.05) is 0 Å². The summed E-state index contributed by atoms with van der Waals surface area (Å²) < 4.78 is 28.9. The zero-order chi connectivity index (χ0) is 14.9. The van der Waals surface area contributed by atoms with Crippen LogP contribution in [-0.2, 0) is 13.6 Å². The summed E-state index contributed by atoms with van der Waals surface area (Å²) in [4.78, 5) is 10.7. The summed E-state index contributed by atoms with van der Waals surface area (Å²) in [6.07, 6.45) is 1.63. The Morgan fingerprint density at radius 1 is 1.40 bits per heavy atom. The lowest BCUT2D eigenvalue weighted by Crippen LogP contribution is -2.08. The molecule has 2 rings (SSSR count). The van der Waals surface area contributed by atoms with E-state index in [9.17, 15) is 13.6 Å². The van der Waals surface area contributed by atoms with E-state index >= 15 is 0 Å². The highest BCUT2D eigenvalue weighted by molar-refractivity contribution is 5.88. The van der Waals surface area contributed by atoms with Gasteiger partial charge in [0.25, 0.3) is 0 Å². The molecule has 2 N–H and O–H groups in total. The van der Waals surface area contributed by atoms with Crippen LogP contribution in [0.4, 0.5) is 14.5 Å². The van der Waals surface area contributed by atoms with Gasteiger partial charge in [0.05, 0.1) is 17.4 Å². The summed E-state index contributed by atoms with van der Waals surface area (Å²) in [5, 5.41) is 15.5. The number of aromatic carboxylic acids is 1. The van der Waals surface area contributed by atoms with E-state index < -0.39 is 23.2 Å². The fourth-order valence-corrected chi connectivity index (χ4v) is 1.76. The minimum Gasteiger partial charge on any atom is -0.478 e. The van der Waals surface area contributed by atoms with Crippen molar-refractivity contribution in [3.63, 3.8) is 0 Å². The standard InChI is InChI=1S/C13H13F2N3O2/c1-7-8(6-17-18(7)2)5-16-10-4-3-9(13(19)20)11(14)12(10)15/h3-4,6,16H,5H2,1-2H3,(H,19,20). The molecule has 0 atom stereocenters. The van der Waals surface area contributed by atoms with Crippen LogP contribution in [0.25, 0.3) is 0 Å². The van der Waals surface area contributed by atoms with E-state index in [0.29, 0.717) is 0 Å². The molecule has 0 fully saturated rings. The smallest absolute Gasteiger partial charge is 0.338 e. The van der Waals surface area contributed by atoms with Gasteiger partial charge in [0.1, 0.15) is 0 Å². The molecule has 0 aliphatic heterocycles. The zero-order valence-electron chi connectivity index (χ0n) is 10.9. The molecule has 0 unspecified atom stereocenters. The lowest BCUT2D eigenvalue weighted by Gasteiger charge is -2.09. The van der Waals surface area contributed by atoms with Crippen LogP contribution in [0.5, 0.6) is 0 Å². The van der Waals surface area contributed by atoms with E-state index in [0.717, 1.165) is 17.3 Å². The number of carboxylic acids is 1. The van der Waals surface area contributed by atoms with Crippen molar-refractivity contribution < 1.29 is 18.7 Å². The van der Waals surface area contributed by atoms with Crippen LogP contribution in [0.15, 0.2) is 18.3 Å². The van der Waals surface area contributed by atoms with E-state index in [-0.39, 0.29) is 12.2 Å². The lowest BCUT2D eigenvalue weighted by atomic mass is 10.1. The van der Waals surface area contributed by atoms with Gasteiger partial charge < -0.3 is 10.4 Å². The van der Waals surface area contributed by atoms with E-state index in [1.807, 2.05) is 6.92 Å². The largest absolute Gasteiger partial charge is 0.478 e. The van der Waals surface area contributed by atoms with Crippen molar-refractivity contribution in [2.24, 2.45) is 7.05 Å².